The smallest absolute Gasteiger partial charge is 0.294 e. The molecule has 1 aromatic rings. The molecule has 0 amide bonds. The molecule has 0 aromatic heterocycles. The molecule has 0 aliphatic heterocycles. The first-order chi connectivity index (χ1) is 7.77. The van der Waals surface area contributed by atoms with Crippen molar-refractivity contribution in [2.24, 2.45) is 0 Å². The molecular formula is C12H18O4S. The van der Waals surface area contributed by atoms with Gasteiger partial charge in [-0.1, -0.05) is 23.8 Å². The maximum absolute atomic E-state index is 10.5. The van der Waals surface area contributed by atoms with Crippen molar-refractivity contribution < 1.29 is 18.1 Å². The first kappa shape index (κ1) is 15.8. The summed E-state index contributed by atoms with van der Waals surface area (Å²) in [5, 5.41) is 8.48. The lowest BCUT2D eigenvalue weighted by molar-refractivity contribution is 0.198. The number of aryl methyl sites for hydroxylation is 1. The predicted molar refractivity (Wildman–Crippen MR) is 67.5 cm³/mol. The molecule has 5 heteroatoms. The number of hydrogen-bond donors (Lipinski definition) is 2. The molecule has 1 aromatic carbocycles. The fourth-order valence-corrected chi connectivity index (χ4v) is 1.43. The normalized spacial score (nSPS) is 12.2. The van der Waals surface area contributed by atoms with Gasteiger partial charge in [0.25, 0.3) is 10.1 Å². The van der Waals surface area contributed by atoms with Crippen molar-refractivity contribution >= 4 is 10.1 Å². The standard InChI is InChI=1S/C7H8O3S.C5H10O/c1-6-2-4-7(5-3-6)11(8,9)10;1-3-4-5(2)6/h2-5H,1H3,(H,8,9,10);3,5-6H,1,4H2,2H3/t;5-/m.1/s1. The third-order valence-electron chi connectivity index (χ3n) is 1.83. The SMILES string of the molecule is C=CC[C@@H](C)O.Cc1ccc(S(=O)(=O)O)cc1. The van der Waals surface area contributed by atoms with Gasteiger partial charge in [-0.15, -0.1) is 6.58 Å². The molecule has 17 heavy (non-hydrogen) atoms. The topological polar surface area (TPSA) is 74.6 Å². The van der Waals surface area contributed by atoms with Gasteiger partial charge in [0, 0.05) is 0 Å². The number of aliphatic hydroxyl groups excluding tert-OH is 1. The van der Waals surface area contributed by atoms with Crippen LogP contribution in [0.5, 0.6) is 0 Å². The molecule has 1 rings (SSSR count). The minimum atomic E-state index is -4.02. The second-order valence-electron chi connectivity index (χ2n) is 3.66. The molecule has 0 radical (unpaired) electrons. The van der Waals surface area contributed by atoms with Crippen molar-refractivity contribution in [3.05, 3.63) is 42.5 Å². The lowest BCUT2D eigenvalue weighted by Crippen LogP contribution is -1.96. The fraction of sp³-hybridized carbons (Fsp3) is 0.333. The average molecular weight is 258 g/mol. The summed E-state index contributed by atoms with van der Waals surface area (Å²) in [5.74, 6) is 0. The van der Waals surface area contributed by atoms with Crippen LogP contribution < -0.4 is 0 Å². The van der Waals surface area contributed by atoms with Crippen molar-refractivity contribution in [3.63, 3.8) is 0 Å². The summed E-state index contributed by atoms with van der Waals surface area (Å²) in [7, 11) is -4.02. The maximum Gasteiger partial charge on any atom is 0.294 e. The largest absolute Gasteiger partial charge is 0.393 e. The lowest BCUT2D eigenvalue weighted by atomic mass is 10.2. The van der Waals surface area contributed by atoms with E-state index in [9.17, 15) is 8.42 Å². The van der Waals surface area contributed by atoms with Gasteiger partial charge >= 0.3 is 0 Å². The van der Waals surface area contributed by atoms with Gasteiger partial charge in [-0.2, -0.15) is 8.42 Å². The van der Waals surface area contributed by atoms with E-state index in [1.54, 1.807) is 25.1 Å². The summed E-state index contributed by atoms with van der Waals surface area (Å²) >= 11 is 0. The first-order valence-corrected chi connectivity index (χ1v) is 6.54. The number of rotatable bonds is 3. The fourth-order valence-electron chi connectivity index (χ4n) is 0.951. The molecule has 0 saturated heterocycles. The van der Waals surface area contributed by atoms with Crippen molar-refractivity contribution in [2.45, 2.75) is 31.3 Å². The molecule has 0 unspecified atom stereocenters. The zero-order valence-electron chi connectivity index (χ0n) is 10.00. The molecule has 4 nitrogen and oxygen atoms in total. The molecule has 0 bridgehead atoms. The van der Waals surface area contributed by atoms with Crippen LogP contribution in [0.1, 0.15) is 18.9 Å². The Balaban J connectivity index is 0.000000366. The van der Waals surface area contributed by atoms with Crippen molar-refractivity contribution in [3.8, 4) is 0 Å². The van der Waals surface area contributed by atoms with E-state index in [1.807, 2.05) is 6.92 Å². The first-order valence-electron chi connectivity index (χ1n) is 5.10. The van der Waals surface area contributed by atoms with Gasteiger partial charge in [0.1, 0.15) is 0 Å². The number of aliphatic hydroxyl groups is 1. The second kappa shape index (κ2) is 7.21. The number of hydrogen-bond acceptors (Lipinski definition) is 3. The molecule has 0 saturated carbocycles. The lowest BCUT2D eigenvalue weighted by Gasteiger charge is -1.95. The monoisotopic (exact) mass is 258 g/mol. The van der Waals surface area contributed by atoms with E-state index in [0.29, 0.717) is 6.42 Å². The summed E-state index contributed by atoms with van der Waals surface area (Å²) in [5.41, 5.74) is 0.956. The molecule has 2 N–H and O–H groups in total. The van der Waals surface area contributed by atoms with Crippen LogP contribution in [0.2, 0.25) is 0 Å². The molecule has 0 fully saturated rings. The summed E-state index contributed by atoms with van der Waals surface area (Å²) in [6.45, 7) is 7.02. The molecular weight excluding hydrogens is 240 g/mol. The van der Waals surface area contributed by atoms with Crippen LogP contribution in [0, 0.1) is 6.92 Å². The van der Waals surface area contributed by atoms with E-state index in [4.69, 9.17) is 9.66 Å². The Bertz CT molecular complexity index is 432. The van der Waals surface area contributed by atoms with E-state index in [1.165, 1.54) is 12.1 Å². The quantitative estimate of drug-likeness (QED) is 0.643. The Morgan fingerprint density at radius 2 is 1.82 bits per heavy atom. The minimum Gasteiger partial charge on any atom is -0.393 e. The van der Waals surface area contributed by atoms with E-state index in [0.717, 1.165) is 5.56 Å². The third kappa shape index (κ3) is 7.68. The van der Waals surface area contributed by atoms with Crippen LogP contribution in [0.15, 0.2) is 41.8 Å². The van der Waals surface area contributed by atoms with Gasteiger partial charge in [0.05, 0.1) is 11.0 Å². The Labute approximate surface area is 102 Å². The molecule has 0 spiro atoms. The molecule has 0 heterocycles. The highest BCUT2D eigenvalue weighted by molar-refractivity contribution is 7.85. The zero-order valence-corrected chi connectivity index (χ0v) is 10.8. The van der Waals surface area contributed by atoms with Crippen LogP contribution in [-0.4, -0.2) is 24.2 Å². The Morgan fingerprint density at radius 1 is 1.35 bits per heavy atom. The Kier molecular flexibility index (Phi) is 6.72. The van der Waals surface area contributed by atoms with Gasteiger partial charge in [0.2, 0.25) is 0 Å². The predicted octanol–water partition coefficient (Wildman–Crippen LogP) is 2.19. The molecule has 0 aliphatic carbocycles. The molecule has 96 valence electrons. The van der Waals surface area contributed by atoms with Gasteiger partial charge in [-0.3, -0.25) is 4.55 Å². The Morgan fingerprint density at radius 3 is 2.06 bits per heavy atom. The van der Waals surface area contributed by atoms with Gasteiger partial charge in [-0.25, -0.2) is 0 Å². The van der Waals surface area contributed by atoms with Crippen LogP contribution in [0.25, 0.3) is 0 Å². The van der Waals surface area contributed by atoms with Gasteiger partial charge < -0.3 is 5.11 Å². The summed E-state index contributed by atoms with van der Waals surface area (Å²) < 4.78 is 29.6. The summed E-state index contributed by atoms with van der Waals surface area (Å²) in [6, 6.07) is 5.99. The van der Waals surface area contributed by atoms with Crippen LogP contribution in [0.4, 0.5) is 0 Å². The average Bonchev–Trinajstić information content (AvgIpc) is 2.17. The van der Waals surface area contributed by atoms with Crippen LogP contribution in [0.3, 0.4) is 0 Å². The summed E-state index contributed by atoms with van der Waals surface area (Å²) in [4.78, 5) is -0.0666. The van der Waals surface area contributed by atoms with E-state index in [-0.39, 0.29) is 11.0 Å². The molecule has 0 aliphatic rings. The van der Waals surface area contributed by atoms with E-state index < -0.39 is 10.1 Å². The van der Waals surface area contributed by atoms with Crippen molar-refractivity contribution in [1.29, 1.82) is 0 Å². The van der Waals surface area contributed by atoms with Crippen LogP contribution >= 0.6 is 0 Å². The second-order valence-corrected chi connectivity index (χ2v) is 5.08. The van der Waals surface area contributed by atoms with Crippen LogP contribution in [-0.2, 0) is 10.1 Å². The van der Waals surface area contributed by atoms with Crippen molar-refractivity contribution in [1.82, 2.24) is 0 Å². The molecule has 1 atom stereocenters. The highest BCUT2D eigenvalue weighted by atomic mass is 32.2. The van der Waals surface area contributed by atoms with Gasteiger partial charge in [0.15, 0.2) is 0 Å². The summed E-state index contributed by atoms with van der Waals surface area (Å²) in [6.07, 6.45) is 2.17. The zero-order chi connectivity index (χ0) is 13.5. The van der Waals surface area contributed by atoms with Crippen molar-refractivity contribution in [2.75, 3.05) is 0 Å². The van der Waals surface area contributed by atoms with E-state index >= 15 is 0 Å². The maximum atomic E-state index is 10.5. The highest BCUT2D eigenvalue weighted by Crippen LogP contribution is 2.08. The highest BCUT2D eigenvalue weighted by Gasteiger charge is 2.06. The van der Waals surface area contributed by atoms with Gasteiger partial charge in [-0.05, 0) is 32.4 Å². The third-order valence-corrected chi connectivity index (χ3v) is 2.69. The Hall–Kier alpha value is -1.17. The minimum absolute atomic E-state index is 0.0666. The van der Waals surface area contributed by atoms with E-state index in [2.05, 4.69) is 6.58 Å². The number of benzene rings is 1.